The van der Waals surface area contributed by atoms with Crippen LogP contribution < -0.4 is 4.74 Å². The van der Waals surface area contributed by atoms with Gasteiger partial charge in [0.25, 0.3) is 0 Å². The number of phenols is 1. The normalized spacial score (nSPS) is 11.0. The van der Waals surface area contributed by atoms with Gasteiger partial charge in [-0.15, -0.1) is 0 Å². The molecule has 1 rings (SSSR count). The Morgan fingerprint density at radius 3 is 1.68 bits per heavy atom. The fourth-order valence-electron chi connectivity index (χ4n) is 3.23. The van der Waals surface area contributed by atoms with Crippen molar-refractivity contribution in [1.82, 2.24) is 0 Å². The summed E-state index contributed by atoms with van der Waals surface area (Å²) in [7, 11) is 0. The third-order valence-electron chi connectivity index (χ3n) is 4.87. The summed E-state index contributed by atoms with van der Waals surface area (Å²) in [6.45, 7) is 4.95. The molecule has 0 saturated carbocycles. The molecule has 1 N–H and O–H groups in total. The van der Waals surface area contributed by atoms with Gasteiger partial charge in [0.1, 0.15) is 0 Å². The van der Waals surface area contributed by atoms with Crippen molar-refractivity contribution in [3.05, 3.63) is 23.8 Å². The van der Waals surface area contributed by atoms with Gasteiger partial charge in [0.2, 0.25) is 0 Å². The largest absolute Gasteiger partial charge is 0.504 e. The molecule has 0 aromatic heterocycles. The maximum Gasteiger partial charge on any atom is 0.160 e. The molecule has 0 saturated heterocycles. The van der Waals surface area contributed by atoms with E-state index >= 15 is 0 Å². The second kappa shape index (κ2) is 15.1. The zero-order valence-electron chi connectivity index (χ0n) is 16.7. The summed E-state index contributed by atoms with van der Waals surface area (Å²) in [4.78, 5) is 0. The maximum absolute atomic E-state index is 9.78. The van der Waals surface area contributed by atoms with Gasteiger partial charge in [0.15, 0.2) is 11.5 Å². The number of phenolic OH excluding ortho intramolecular Hbond substituents is 1. The lowest BCUT2D eigenvalue weighted by Crippen LogP contribution is -1.97. The van der Waals surface area contributed by atoms with E-state index in [2.05, 4.69) is 6.92 Å². The first-order valence-electron chi connectivity index (χ1n) is 10.7. The summed E-state index contributed by atoms with van der Waals surface area (Å²) in [6.07, 6.45) is 19.1. The average molecular weight is 349 g/mol. The molecule has 0 fully saturated rings. The first kappa shape index (κ1) is 21.9. The quantitative estimate of drug-likeness (QED) is 0.312. The van der Waals surface area contributed by atoms with Crippen LogP contribution in [0.15, 0.2) is 18.2 Å². The number of benzene rings is 1. The van der Waals surface area contributed by atoms with Crippen molar-refractivity contribution in [3.63, 3.8) is 0 Å². The Labute approximate surface area is 156 Å². The van der Waals surface area contributed by atoms with Gasteiger partial charge in [0, 0.05) is 0 Å². The highest BCUT2D eigenvalue weighted by Gasteiger charge is 2.01. The summed E-state index contributed by atoms with van der Waals surface area (Å²) in [5.41, 5.74) is 1.06. The number of unbranched alkanes of at least 4 members (excludes halogenated alkanes) is 13. The van der Waals surface area contributed by atoms with Crippen molar-refractivity contribution >= 4 is 0 Å². The summed E-state index contributed by atoms with van der Waals surface area (Å²) < 4.78 is 5.65. The number of aromatic hydroxyl groups is 1. The van der Waals surface area contributed by atoms with Crippen LogP contribution in [0.4, 0.5) is 0 Å². The first-order chi connectivity index (χ1) is 12.2. The number of aryl methyl sites for hydroxylation is 1. The van der Waals surface area contributed by atoms with Crippen LogP contribution in [-0.2, 0) is 0 Å². The van der Waals surface area contributed by atoms with Crippen LogP contribution >= 0.6 is 0 Å². The van der Waals surface area contributed by atoms with Crippen molar-refractivity contribution in [2.24, 2.45) is 0 Å². The zero-order chi connectivity index (χ0) is 18.2. The van der Waals surface area contributed by atoms with E-state index in [4.69, 9.17) is 4.74 Å². The Hall–Kier alpha value is -1.18. The van der Waals surface area contributed by atoms with Crippen molar-refractivity contribution in [2.75, 3.05) is 6.61 Å². The third-order valence-corrected chi connectivity index (χ3v) is 4.87. The minimum Gasteiger partial charge on any atom is -0.504 e. The van der Waals surface area contributed by atoms with E-state index < -0.39 is 0 Å². The molecule has 0 radical (unpaired) electrons. The monoisotopic (exact) mass is 348 g/mol. The predicted molar refractivity (Wildman–Crippen MR) is 109 cm³/mol. The molecule has 144 valence electrons. The summed E-state index contributed by atoms with van der Waals surface area (Å²) in [6, 6.07) is 5.58. The number of hydrogen-bond donors (Lipinski definition) is 1. The van der Waals surface area contributed by atoms with Gasteiger partial charge in [-0.3, -0.25) is 0 Å². The maximum atomic E-state index is 9.78. The Bertz CT molecular complexity index is 428. The first-order valence-corrected chi connectivity index (χ1v) is 10.7. The minimum atomic E-state index is 0.255. The molecule has 0 bridgehead atoms. The highest BCUT2D eigenvalue weighted by molar-refractivity contribution is 5.41. The molecule has 0 aliphatic carbocycles. The standard InChI is InChI=1S/C23H40O2/c1-3-4-5-6-7-8-9-10-11-12-13-14-15-16-19-25-23-18-17-21(2)20-22(23)24/h17-18,20,24H,3-16,19H2,1-2H3. The molecule has 2 nitrogen and oxygen atoms in total. The lowest BCUT2D eigenvalue weighted by Gasteiger charge is -2.08. The highest BCUT2D eigenvalue weighted by atomic mass is 16.5. The van der Waals surface area contributed by atoms with E-state index in [1.165, 1.54) is 83.5 Å². The van der Waals surface area contributed by atoms with E-state index in [9.17, 15) is 5.11 Å². The molecule has 1 aromatic carbocycles. The Kier molecular flexibility index (Phi) is 13.2. The van der Waals surface area contributed by atoms with Crippen LogP contribution in [0.2, 0.25) is 0 Å². The second-order valence-corrected chi connectivity index (χ2v) is 7.42. The minimum absolute atomic E-state index is 0.255. The van der Waals surface area contributed by atoms with Crippen molar-refractivity contribution in [2.45, 2.75) is 104 Å². The zero-order valence-corrected chi connectivity index (χ0v) is 16.7. The topological polar surface area (TPSA) is 29.5 Å². The van der Waals surface area contributed by atoms with Crippen molar-refractivity contribution < 1.29 is 9.84 Å². The molecule has 0 aliphatic heterocycles. The molecule has 0 amide bonds. The van der Waals surface area contributed by atoms with E-state index in [-0.39, 0.29) is 5.75 Å². The summed E-state index contributed by atoms with van der Waals surface area (Å²) in [5, 5.41) is 9.78. The van der Waals surface area contributed by atoms with Crippen LogP contribution in [0.1, 0.15) is 102 Å². The average Bonchev–Trinajstić information content (AvgIpc) is 2.60. The molecule has 2 heteroatoms. The van der Waals surface area contributed by atoms with Gasteiger partial charge in [0.05, 0.1) is 6.61 Å². The fourth-order valence-corrected chi connectivity index (χ4v) is 3.23. The lowest BCUT2D eigenvalue weighted by molar-refractivity contribution is 0.288. The van der Waals surface area contributed by atoms with Crippen LogP contribution in [0, 0.1) is 6.92 Å². The molecule has 0 heterocycles. The van der Waals surface area contributed by atoms with Gasteiger partial charge in [-0.25, -0.2) is 0 Å². The summed E-state index contributed by atoms with van der Waals surface area (Å²) >= 11 is 0. The molecular formula is C23H40O2. The van der Waals surface area contributed by atoms with E-state index in [0.29, 0.717) is 12.4 Å². The van der Waals surface area contributed by atoms with Gasteiger partial charge in [-0.05, 0) is 31.0 Å². The number of hydrogen-bond acceptors (Lipinski definition) is 2. The third kappa shape index (κ3) is 11.9. The van der Waals surface area contributed by atoms with Gasteiger partial charge >= 0.3 is 0 Å². The van der Waals surface area contributed by atoms with Gasteiger partial charge in [-0.2, -0.15) is 0 Å². The molecule has 0 unspecified atom stereocenters. The van der Waals surface area contributed by atoms with E-state index in [1.54, 1.807) is 6.07 Å². The van der Waals surface area contributed by atoms with Crippen LogP contribution in [0.3, 0.4) is 0 Å². The van der Waals surface area contributed by atoms with Gasteiger partial charge < -0.3 is 9.84 Å². The second-order valence-electron chi connectivity index (χ2n) is 7.42. The SMILES string of the molecule is CCCCCCCCCCCCCCCCOc1ccc(C)cc1O. The number of ether oxygens (including phenoxy) is 1. The van der Waals surface area contributed by atoms with E-state index in [1.807, 2.05) is 19.1 Å². The van der Waals surface area contributed by atoms with Crippen molar-refractivity contribution in [3.8, 4) is 11.5 Å². The van der Waals surface area contributed by atoms with Crippen LogP contribution in [0.25, 0.3) is 0 Å². The predicted octanol–water partition coefficient (Wildman–Crippen LogP) is 7.56. The highest BCUT2D eigenvalue weighted by Crippen LogP contribution is 2.26. The smallest absolute Gasteiger partial charge is 0.160 e. The molecule has 0 aliphatic rings. The van der Waals surface area contributed by atoms with E-state index in [0.717, 1.165) is 12.0 Å². The molecule has 25 heavy (non-hydrogen) atoms. The Morgan fingerprint density at radius 1 is 0.720 bits per heavy atom. The Balaban J connectivity index is 1.81. The van der Waals surface area contributed by atoms with Crippen molar-refractivity contribution in [1.29, 1.82) is 0 Å². The Morgan fingerprint density at radius 2 is 1.20 bits per heavy atom. The molecule has 1 aromatic rings. The summed E-state index contributed by atoms with van der Waals surface area (Å²) in [5.74, 6) is 0.866. The molecule has 0 atom stereocenters. The molecule has 0 spiro atoms. The molecular weight excluding hydrogens is 308 g/mol. The number of rotatable bonds is 16. The van der Waals surface area contributed by atoms with Crippen LogP contribution in [0.5, 0.6) is 11.5 Å². The van der Waals surface area contributed by atoms with Crippen LogP contribution in [-0.4, -0.2) is 11.7 Å². The fraction of sp³-hybridized carbons (Fsp3) is 0.739. The van der Waals surface area contributed by atoms with Gasteiger partial charge in [-0.1, -0.05) is 96.5 Å². The lowest BCUT2D eigenvalue weighted by atomic mass is 10.0.